The number of unbranched alkanes of at least 4 members (excludes halogenated alkanes) is 1. The first-order valence-electron chi connectivity index (χ1n) is 11.4. The van der Waals surface area contributed by atoms with Crippen LogP contribution in [-0.2, 0) is 12.8 Å². The lowest BCUT2D eigenvalue weighted by Crippen LogP contribution is -2.02. The van der Waals surface area contributed by atoms with Crippen LogP contribution in [0.5, 0.6) is 5.75 Å². The van der Waals surface area contributed by atoms with E-state index in [-0.39, 0.29) is 10.8 Å². The second-order valence-corrected chi connectivity index (χ2v) is 8.40. The number of ether oxygens (including phenoxy) is 1. The third-order valence-corrected chi connectivity index (χ3v) is 5.77. The summed E-state index contributed by atoms with van der Waals surface area (Å²) in [5.74, 6) is 1.14. The van der Waals surface area contributed by atoms with Crippen molar-refractivity contribution in [2.24, 2.45) is 0 Å². The van der Waals surface area contributed by atoms with Gasteiger partial charge in [0.1, 0.15) is 17.4 Å². The first-order valence-corrected chi connectivity index (χ1v) is 11.4. The van der Waals surface area contributed by atoms with Crippen LogP contribution in [0.15, 0.2) is 60.7 Å². The second kappa shape index (κ2) is 10.4. The van der Waals surface area contributed by atoms with Gasteiger partial charge in [0.2, 0.25) is 0 Å². The third kappa shape index (κ3) is 6.10. The van der Waals surface area contributed by atoms with Gasteiger partial charge in [-0.1, -0.05) is 61.7 Å². The number of rotatable bonds is 7. The summed E-state index contributed by atoms with van der Waals surface area (Å²) in [5, 5.41) is 2.50. The van der Waals surface area contributed by atoms with E-state index in [4.69, 9.17) is 4.74 Å². The lowest BCUT2D eigenvalue weighted by molar-refractivity contribution is -0.0696. The molecule has 0 heterocycles. The molecule has 0 fully saturated rings. The summed E-state index contributed by atoms with van der Waals surface area (Å²) in [7, 11) is 0. The summed E-state index contributed by atoms with van der Waals surface area (Å²) in [6.07, 6.45) is -1.38. The van der Waals surface area contributed by atoms with Crippen molar-refractivity contribution in [3.8, 4) is 17.6 Å². The van der Waals surface area contributed by atoms with Crippen molar-refractivity contribution in [1.82, 2.24) is 0 Å². The Balaban J connectivity index is 1.50. The number of hydrogen-bond acceptors (Lipinski definition) is 1. The van der Waals surface area contributed by atoms with Gasteiger partial charge in [-0.05, 0) is 64.7 Å². The van der Waals surface area contributed by atoms with E-state index in [0.717, 1.165) is 58.9 Å². The van der Waals surface area contributed by atoms with Crippen molar-refractivity contribution in [3.63, 3.8) is 0 Å². The quantitative estimate of drug-likeness (QED) is 0.147. The van der Waals surface area contributed by atoms with Gasteiger partial charge in [0, 0.05) is 11.3 Å². The standard InChI is InChI=1S/C29H23F5O/c1-2-3-14-35-24-10-9-21-15-19(6-8-22(21)17-24)4-5-20-7-11-25-23(16-20)18-27(30)26(28(25)31)12-13-29(32,33)34/h6-11,15-18H,2-5,14H2,1H3. The summed E-state index contributed by atoms with van der Waals surface area (Å²) >= 11 is 0. The number of alkyl halides is 3. The molecule has 0 atom stereocenters. The third-order valence-electron chi connectivity index (χ3n) is 5.77. The molecule has 180 valence electrons. The van der Waals surface area contributed by atoms with Crippen molar-refractivity contribution in [2.45, 2.75) is 38.8 Å². The van der Waals surface area contributed by atoms with Crippen LogP contribution in [-0.4, -0.2) is 12.8 Å². The van der Waals surface area contributed by atoms with E-state index in [1.807, 2.05) is 30.3 Å². The maximum Gasteiger partial charge on any atom is 0.458 e. The Morgan fingerprint density at radius 1 is 0.800 bits per heavy atom. The van der Waals surface area contributed by atoms with Crippen molar-refractivity contribution < 1.29 is 26.7 Å². The number of aryl methyl sites for hydroxylation is 2. The van der Waals surface area contributed by atoms with Crippen molar-refractivity contribution in [3.05, 3.63) is 89.0 Å². The first-order chi connectivity index (χ1) is 16.7. The molecule has 0 spiro atoms. The average Bonchev–Trinajstić information content (AvgIpc) is 2.81. The summed E-state index contributed by atoms with van der Waals surface area (Å²) in [6, 6.07) is 18.1. The molecule has 0 bridgehead atoms. The van der Waals surface area contributed by atoms with E-state index in [1.165, 1.54) is 6.07 Å². The summed E-state index contributed by atoms with van der Waals surface area (Å²) in [4.78, 5) is 0. The van der Waals surface area contributed by atoms with Gasteiger partial charge >= 0.3 is 6.18 Å². The molecular formula is C29H23F5O. The number of halogens is 5. The molecule has 4 aromatic carbocycles. The van der Waals surface area contributed by atoms with Crippen LogP contribution in [0, 0.1) is 23.5 Å². The molecule has 0 radical (unpaired) electrons. The summed E-state index contributed by atoms with van der Waals surface area (Å²) in [6.45, 7) is 2.81. The number of benzene rings is 4. The molecule has 35 heavy (non-hydrogen) atoms. The SMILES string of the molecule is CCCCOc1ccc2cc(CCc3ccc4c(F)c(C#CC(F)(F)F)c(F)cc4c3)ccc2c1. The van der Waals surface area contributed by atoms with E-state index in [1.54, 1.807) is 18.1 Å². The average molecular weight is 482 g/mol. The van der Waals surface area contributed by atoms with E-state index in [9.17, 15) is 22.0 Å². The van der Waals surface area contributed by atoms with Gasteiger partial charge in [0.15, 0.2) is 0 Å². The lowest BCUT2D eigenvalue weighted by atomic mass is 9.98. The van der Waals surface area contributed by atoms with Crippen LogP contribution in [0.3, 0.4) is 0 Å². The smallest absolute Gasteiger partial charge is 0.458 e. The predicted octanol–water partition coefficient (Wildman–Crippen LogP) is 8.15. The predicted molar refractivity (Wildman–Crippen MR) is 129 cm³/mol. The fourth-order valence-corrected chi connectivity index (χ4v) is 3.92. The number of fused-ring (bicyclic) bond motifs is 2. The molecule has 0 aliphatic rings. The van der Waals surface area contributed by atoms with Crippen LogP contribution in [0.4, 0.5) is 22.0 Å². The topological polar surface area (TPSA) is 9.23 Å². The Hall–Kier alpha value is -3.59. The van der Waals surface area contributed by atoms with Crippen LogP contribution >= 0.6 is 0 Å². The minimum atomic E-state index is -4.83. The molecule has 4 aromatic rings. The monoisotopic (exact) mass is 482 g/mol. The molecule has 0 aromatic heterocycles. The normalized spacial score (nSPS) is 11.5. The Bertz CT molecular complexity index is 1430. The molecule has 0 N–H and O–H groups in total. The van der Waals surface area contributed by atoms with Gasteiger partial charge in [-0.3, -0.25) is 0 Å². The maximum absolute atomic E-state index is 14.6. The molecule has 1 nitrogen and oxygen atoms in total. The molecule has 0 aliphatic carbocycles. The zero-order valence-corrected chi connectivity index (χ0v) is 19.1. The fourth-order valence-electron chi connectivity index (χ4n) is 3.92. The molecule has 0 unspecified atom stereocenters. The van der Waals surface area contributed by atoms with Crippen LogP contribution in [0.25, 0.3) is 21.5 Å². The summed E-state index contributed by atoms with van der Waals surface area (Å²) in [5.41, 5.74) is 1.11. The first kappa shape index (κ1) is 24.5. The van der Waals surface area contributed by atoms with Gasteiger partial charge in [0.25, 0.3) is 0 Å². The van der Waals surface area contributed by atoms with E-state index in [0.29, 0.717) is 13.0 Å². The van der Waals surface area contributed by atoms with Gasteiger partial charge < -0.3 is 4.74 Å². The van der Waals surface area contributed by atoms with Gasteiger partial charge in [-0.25, -0.2) is 8.78 Å². The molecular weight excluding hydrogens is 459 g/mol. The van der Waals surface area contributed by atoms with Crippen molar-refractivity contribution >= 4 is 21.5 Å². The maximum atomic E-state index is 14.6. The zero-order chi connectivity index (χ0) is 25.0. The van der Waals surface area contributed by atoms with Crippen molar-refractivity contribution in [1.29, 1.82) is 0 Å². The Labute approximate surface area is 200 Å². The van der Waals surface area contributed by atoms with E-state index >= 15 is 0 Å². The molecule has 0 amide bonds. The highest BCUT2D eigenvalue weighted by atomic mass is 19.4. The highest BCUT2D eigenvalue weighted by molar-refractivity contribution is 5.86. The van der Waals surface area contributed by atoms with Crippen LogP contribution in [0.2, 0.25) is 0 Å². The molecule has 0 saturated heterocycles. The minimum absolute atomic E-state index is 0.0317. The van der Waals surface area contributed by atoms with Gasteiger partial charge in [0.05, 0.1) is 12.2 Å². The van der Waals surface area contributed by atoms with Crippen LogP contribution in [0.1, 0.15) is 36.5 Å². The highest BCUT2D eigenvalue weighted by Gasteiger charge is 2.24. The highest BCUT2D eigenvalue weighted by Crippen LogP contribution is 2.27. The van der Waals surface area contributed by atoms with Gasteiger partial charge in [-0.15, -0.1) is 0 Å². The lowest BCUT2D eigenvalue weighted by Gasteiger charge is -2.09. The van der Waals surface area contributed by atoms with Gasteiger partial charge in [-0.2, -0.15) is 13.2 Å². The second-order valence-electron chi connectivity index (χ2n) is 8.40. The molecule has 4 rings (SSSR count). The van der Waals surface area contributed by atoms with E-state index < -0.39 is 23.4 Å². The molecule has 0 aliphatic heterocycles. The van der Waals surface area contributed by atoms with E-state index in [2.05, 4.69) is 13.0 Å². The van der Waals surface area contributed by atoms with Crippen molar-refractivity contribution in [2.75, 3.05) is 6.61 Å². The summed E-state index contributed by atoms with van der Waals surface area (Å²) < 4.78 is 71.7. The Morgan fingerprint density at radius 3 is 2.17 bits per heavy atom. The largest absolute Gasteiger partial charge is 0.494 e. The number of hydrogen-bond donors (Lipinski definition) is 0. The van der Waals surface area contributed by atoms with Crippen LogP contribution < -0.4 is 4.74 Å². The molecule has 6 heteroatoms. The molecule has 0 saturated carbocycles. The Kier molecular flexibility index (Phi) is 7.25. The minimum Gasteiger partial charge on any atom is -0.494 e. The Morgan fingerprint density at radius 2 is 1.46 bits per heavy atom. The zero-order valence-electron chi connectivity index (χ0n) is 19.1. The fraction of sp³-hybridized carbons (Fsp3) is 0.241.